The topological polar surface area (TPSA) is 35.2 Å². The van der Waals surface area contributed by atoms with Crippen molar-refractivity contribution in [2.75, 3.05) is 7.11 Å². The summed E-state index contributed by atoms with van der Waals surface area (Å²) in [6.45, 7) is 1.89. The van der Waals surface area contributed by atoms with Gasteiger partial charge in [-0.2, -0.15) is 0 Å². The number of hydrogen-bond acceptors (Lipinski definition) is 3. The number of benzene rings is 2. The lowest BCUT2D eigenvalue weighted by atomic mass is 10.1. The molecule has 2 unspecified atom stereocenters. The first-order chi connectivity index (χ1) is 9.61. The van der Waals surface area contributed by atoms with Gasteiger partial charge in [-0.15, -0.1) is 11.8 Å². The van der Waals surface area contributed by atoms with E-state index in [-0.39, 0.29) is 17.1 Å². The predicted octanol–water partition coefficient (Wildman–Crippen LogP) is 4.01. The van der Waals surface area contributed by atoms with Crippen molar-refractivity contribution in [1.29, 1.82) is 0 Å². The van der Waals surface area contributed by atoms with Gasteiger partial charge < -0.3 is 10.5 Å². The van der Waals surface area contributed by atoms with E-state index in [0.717, 1.165) is 10.6 Å². The Bertz CT molecular complexity index is 574. The fourth-order valence-corrected chi connectivity index (χ4v) is 3.15. The molecule has 106 valence electrons. The minimum Gasteiger partial charge on any atom is -0.497 e. The third kappa shape index (κ3) is 3.52. The molecule has 0 bridgehead atoms. The Hall–Kier alpha value is -1.52. The summed E-state index contributed by atoms with van der Waals surface area (Å²) in [5.41, 5.74) is 6.67. The Labute approximate surface area is 123 Å². The SMILES string of the molecule is COc1cccc(SC(c2ccccc2F)C(C)N)c1. The van der Waals surface area contributed by atoms with Gasteiger partial charge in [0.05, 0.1) is 12.4 Å². The van der Waals surface area contributed by atoms with Gasteiger partial charge in [-0.3, -0.25) is 0 Å². The Balaban J connectivity index is 2.28. The van der Waals surface area contributed by atoms with Crippen LogP contribution in [0.5, 0.6) is 5.75 Å². The molecule has 2 nitrogen and oxygen atoms in total. The molecular formula is C16H18FNOS. The zero-order chi connectivity index (χ0) is 14.5. The maximum absolute atomic E-state index is 14.0. The van der Waals surface area contributed by atoms with Gasteiger partial charge in [0.1, 0.15) is 11.6 Å². The van der Waals surface area contributed by atoms with E-state index in [9.17, 15) is 4.39 Å². The normalized spacial score (nSPS) is 13.8. The Morgan fingerprint density at radius 1 is 1.15 bits per heavy atom. The maximum atomic E-state index is 14.0. The largest absolute Gasteiger partial charge is 0.497 e. The lowest BCUT2D eigenvalue weighted by Crippen LogP contribution is -2.23. The number of halogens is 1. The number of hydrogen-bond donors (Lipinski definition) is 1. The van der Waals surface area contributed by atoms with Crippen molar-refractivity contribution in [2.24, 2.45) is 5.73 Å². The molecule has 0 amide bonds. The van der Waals surface area contributed by atoms with E-state index in [1.165, 1.54) is 6.07 Å². The van der Waals surface area contributed by atoms with E-state index in [1.54, 1.807) is 31.0 Å². The van der Waals surface area contributed by atoms with Crippen molar-refractivity contribution in [2.45, 2.75) is 23.1 Å². The second-order valence-corrected chi connectivity index (χ2v) is 5.81. The molecule has 0 fully saturated rings. The minimum atomic E-state index is -0.217. The van der Waals surface area contributed by atoms with Crippen LogP contribution in [0.25, 0.3) is 0 Å². The smallest absolute Gasteiger partial charge is 0.127 e. The summed E-state index contributed by atoms with van der Waals surface area (Å²) < 4.78 is 19.2. The Morgan fingerprint density at radius 3 is 2.55 bits per heavy atom. The average Bonchev–Trinajstić information content (AvgIpc) is 2.45. The van der Waals surface area contributed by atoms with E-state index in [0.29, 0.717) is 5.56 Å². The number of ether oxygens (including phenoxy) is 1. The summed E-state index contributed by atoms with van der Waals surface area (Å²) in [5.74, 6) is 0.567. The quantitative estimate of drug-likeness (QED) is 0.845. The molecule has 0 aliphatic rings. The first-order valence-corrected chi connectivity index (χ1v) is 7.30. The van der Waals surface area contributed by atoms with Gasteiger partial charge in [-0.05, 0) is 31.2 Å². The lowest BCUT2D eigenvalue weighted by Gasteiger charge is -2.21. The lowest BCUT2D eigenvalue weighted by molar-refractivity contribution is 0.413. The zero-order valence-electron chi connectivity index (χ0n) is 11.5. The fraction of sp³-hybridized carbons (Fsp3) is 0.250. The summed E-state index contributed by atoms with van der Waals surface area (Å²) in [7, 11) is 1.63. The van der Waals surface area contributed by atoms with Crippen LogP contribution in [0, 0.1) is 5.82 Å². The van der Waals surface area contributed by atoms with Crippen molar-refractivity contribution >= 4 is 11.8 Å². The van der Waals surface area contributed by atoms with Gasteiger partial charge in [-0.1, -0.05) is 24.3 Å². The first kappa shape index (κ1) is 14.9. The molecule has 4 heteroatoms. The van der Waals surface area contributed by atoms with Gasteiger partial charge in [0.15, 0.2) is 0 Å². The van der Waals surface area contributed by atoms with Crippen LogP contribution in [0.4, 0.5) is 4.39 Å². The van der Waals surface area contributed by atoms with Crippen LogP contribution in [-0.4, -0.2) is 13.2 Å². The summed E-state index contributed by atoms with van der Waals surface area (Å²) >= 11 is 1.55. The van der Waals surface area contributed by atoms with Crippen LogP contribution < -0.4 is 10.5 Å². The monoisotopic (exact) mass is 291 g/mol. The van der Waals surface area contributed by atoms with Crippen molar-refractivity contribution in [3.63, 3.8) is 0 Å². The van der Waals surface area contributed by atoms with Gasteiger partial charge >= 0.3 is 0 Å². The standard InChI is InChI=1S/C16H18FNOS/c1-11(18)16(14-8-3-4-9-15(14)17)20-13-7-5-6-12(10-13)19-2/h3-11,16H,18H2,1-2H3. The highest BCUT2D eigenvalue weighted by molar-refractivity contribution is 7.99. The van der Waals surface area contributed by atoms with Crippen LogP contribution in [-0.2, 0) is 0 Å². The van der Waals surface area contributed by atoms with Crippen LogP contribution in [0.2, 0.25) is 0 Å². The van der Waals surface area contributed by atoms with E-state index in [4.69, 9.17) is 10.5 Å². The van der Waals surface area contributed by atoms with E-state index in [1.807, 2.05) is 37.3 Å². The van der Waals surface area contributed by atoms with Gasteiger partial charge in [-0.25, -0.2) is 4.39 Å². The van der Waals surface area contributed by atoms with Crippen LogP contribution in [0.1, 0.15) is 17.7 Å². The molecule has 0 radical (unpaired) electrons. The summed E-state index contributed by atoms with van der Waals surface area (Å²) in [6.07, 6.45) is 0. The highest BCUT2D eigenvalue weighted by Crippen LogP contribution is 2.39. The third-order valence-corrected chi connectivity index (χ3v) is 4.46. The fourth-order valence-electron chi connectivity index (χ4n) is 1.98. The van der Waals surface area contributed by atoms with E-state index >= 15 is 0 Å². The Morgan fingerprint density at radius 2 is 1.90 bits per heavy atom. The molecule has 0 saturated heterocycles. The van der Waals surface area contributed by atoms with Crippen LogP contribution in [0.15, 0.2) is 53.4 Å². The summed E-state index contributed by atoms with van der Waals surface area (Å²) in [5, 5.41) is -0.136. The molecule has 2 atom stereocenters. The molecule has 0 aliphatic heterocycles. The number of thioether (sulfide) groups is 1. The summed E-state index contributed by atoms with van der Waals surface area (Å²) in [4.78, 5) is 1.01. The maximum Gasteiger partial charge on any atom is 0.127 e. The molecule has 20 heavy (non-hydrogen) atoms. The second kappa shape index (κ2) is 6.77. The molecule has 2 aromatic carbocycles. The third-order valence-electron chi connectivity index (χ3n) is 2.99. The molecular weight excluding hydrogens is 273 g/mol. The molecule has 2 aromatic rings. The molecule has 0 heterocycles. The predicted molar refractivity (Wildman–Crippen MR) is 81.6 cm³/mol. The van der Waals surface area contributed by atoms with Crippen molar-refractivity contribution in [3.05, 3.63) is 59.9 Å². The highest BCUT2D eigenvalue weighted by Gasteiger charge is 2.21. The number of nitrogens with two attached hydrogens (primary N) is 1. The van der Waals surface area contributed by atoms with Crippen LogP contribution in [0.3, 0.4) is 0 Å². The van der Waals surface area contributed by atoms with E-state index < -0.39 is 0 Å². The molecule has 0 spiro atoms. The molecule has 2 rings (SSSR count). The van der Waals surface area contributed by atoms with Crippen molar-refractivity contribution in [1.82, 2.24) is 0 Å². The molecule has 0 saturated carbocycles. The van der Waals surface area contributed by atoms with E-state index in [2.05, 4.69) is 0 Å². The van der Waals surface area contributed by atoms with Gasteiger partial charge in [0, 0.05) is 16.5 Å². The number of rotatable bonds is 5. The second-order valence-electron chi connectivity index (χ2n) is 4.60. The average molecular weight is 291 g/mol. The zero-order valence-corrected chi connectivity index (χ0v) is 12.4. The highest BCUT2D eigenvalue weighted by atomic mass is 32.2. The molecule has 2 N–H and O–H groups in total. The minimum absolute atomic E-state index is 0.136. The van der Waals surface area contributed by atoms with Crippen LogP contribution >= 0.6 is 11.8 Å². The summed E-state index contributed by atoms with van der Waals surface area (Å²) in [6, 6.07) is 14.3. The van der Waals surface area contributed by atoms with Gasteiger partial charge in [0.2, 0.25) is 0 Å². The van der Waals surface area contributed by atoms with Crippen molar-refractivity contribution < 1.29 is 9.13 Å². The van der Waals surface area contributed by atoms with Crippen molar-refractivity contribution in [3.8, 4) is 5.75 Å². The molecule has 0 aliphatic carbocycles. The Kier molecular flexibility index (Phi) is 5.04. The number of methoxy groups -OCH3 is 1. The molecule has 0 aromatic heterocycles. The van der Waals surface area contributed by atoms with Gasteiger partial charge in [0.25, 0.3) is 0 Å². The first-order valence-electron chi connectivity index (χ1n) is 6.42.